The molecule has 0 radical (unpaired) electrons. The van der Waals surface area contributed by atoms with E-state index in [1.807, 2.05) is 24.3 Å². The topological polar surface area (TPSA) is 35.6 Å². The second-order valence-electron chi connectivity index (χ2n) is 13.0. The minimum Gasteiger partial charge on any atom is -0.309 e. The van der Waals surface area contributed by atoms with E-state index in [4.69, 9.17) is 9.97 Å². The normalized spacial score (nSPS) is 12.0. The van der Waals surface area contributed by atoms with E-state index >= 15 is 0 Å². The Morgan fingerprint density at radius 2 is 1.02 bits per heavy atom. The van der Waals surface area contributed by atoms with Crippen molar-refractivity contribution in [3.63, 3.8) is 0 Å². The van der Waals surface area contributed by atoms with Crippen molar-refractivity contribution in [3.8, 4) is 22.8 Å². The van der Waals surface area contributed by atoms with Gasteiger partial charge in [-0.05, 0) is 70.1 Å². The minimum atomic E-state index is 0.815. The Labute approximate surface area is 287 Å². The lowest BCUT2D eigenvalue weighted by molar-refractivity contribution is 1.08. The largest absolute Gasteiger partial charge is 0.309 e. The maximum atomic E-state index is 5.39. The molecular formula is C46H28N4. The van der Waals surface area contributed by atoms with Crippen molar-refractivity contribution in [1.82, 2.24) is 19.1 Å². The quantitative estimate of drug-likeness (QED) is 0.193. The molecule has 11 rings (SSSR count). The molecule has 0 fully saturated rings. The number of aromatic nitrogens is 4. The summed E-state index contributed by atoms with van der Waals surface area (Å²) in [6.45, 7) is 0. The molecule has 4 heteroatoms. The number of para-hydroxylation sites is 3. The summed E-state index contributed by atoms with van der Waals surface area (Å²) in [6, 6.07) is 60.7. The van der Waals surface area contributed by atoms with Crippen LogP contribution in [0.25, 0.3) is 99.0 Å². The molecule has 0 aliphatic carbocycles. The fourth-order valence-corrected chi connectivity index (χ4v) is 8.01. The second-order valence-corrected chi connectivity index (χ2v) is 13.0. The molecule has 0 unspecified atom stereocenters. The Bertz CT molecular complexity index is 3150. The van der Waals surface area contributed by atoms with Gasteiger partial charge in [0.2, 0.25) is 0 Å². The van der Waals surface area contributed by atoms with Crippen molar-refractivity contribution in [2.75, 3.05) is 0 Å². The van der Waals surface area contributed by atoms with Crippen LogP contribution in [0.15, 0.2) is 170 Å². The summed E-state index contributed by atoms with van der Waals surface area (Å²) in [5, 5.41) is 9.79. The van der Waals surface area contributed by atoms with Crippen molar-refractivity contribution in [2.24, 2.45) is 0 Å². The van der Waals surface area contributed by atoms with Crippen LogP contribution in [0.3, 0.4) is 0 Å². The molecule has 0 bridgehead atoms. The van der Waals surface area contributed by atoms with Crippen LogP contribution in [0.4, 0.5) is 0 Å². The van der Waals surface area contributed by atoms with Gasteiger partial charge >= 0.3 is 0 Å². The number of hydrogen-bond acceptors (Lipinski definition) is 2. The Morgan fingerprint density at radius 1 is 0.360 bits per heavy atom. The van der Waals surface area contributed by atoms with Crippen molar-refractivity contribution < 1.29 is 0 Å². The Morgan fingerprint density at radius 3 is 1.86 bits per heavy atom. The van der Waals surface area contributed by atoms with Crippen LogP contribution in [-0.2, 0) is 0 Å². The summed E-state index contributed by atoms with van der Waals surface area (Å²) in [6.07, 6.45) is 0. The lowest BCUT2D eigenvalue weighted by Gasteiger charge is -2.15. The van der Waals surface area contributed by atoms with Crippen molar-refractivity contribution in [1.29, 1.82) is 0 Å². The first kappa shape index (κ1) is 27.2. The van der Waals surface area contributed by atoms with Gasteiger partial charge in [-0.1, -0.05) is 121 Å². The van der Waals surface area contributed by atoms with Gasteiger partial charge in [0.15, 0.2) is 5.82 Å². The number of nitrogens with zero attached hydrogens (tertiary/aromatic N) is 4. The first-order chi connectivity index (χ1) is 24.8. The SMILES string of the molecule is c1ccc(-c2nc3ccccc3nc2-n2c3cc(-n4c5ccccc5c5cc6ccccc6cc54)ccc3c3c4ccccc4ccc32)cc1. The molecule has 3 aromatic heterocycles. The van der Waals surface area contributed by atoms with Gasteiger partial charge in [-0.3, -0.25) is 4.57 Å². The Hall–Kier alpha value is -6.78. The van der Waals surface area contributed by atoms with E-state index in [1.54, 1.807) is 0 Å². The fraction of sp³-hybridized carbons (Fsp3) is 0. The van der Waals surface area contributed by atoms with Crippen molar-refractivity contribution in [3.05, 3.63) is 170 Å². The predicted octanol–water partition coefficient (Wildman–Crippen LogP) is 11.8. The van der Waals surface area contributed by atoms with Crippen LogP contribution in [0.2, 0.25) is 0 Å². The summed E-state index contributed by atoms with van der Waals surface area (Å²) in [7, 11) is 0. The van der Waals surface area contributed by atoms with Gasteiger partial charge in [0.05, 0.1) is 33.1 Å². The summed E-state index contributed by atoms with van der Waals surface area (Å²) >= 11 is 0. The van der Waals surface area contributed by atoms with Gasteiger partial charge < -0.3 is 4.57 Å². The van der Waals surface area contributed by atoms with E-state index in [0.29, 0.717) is 0 Å². The van der Waals surface area contributed by atoms with Crippen LogP contribution < -0.4 is 0 Å². The molecule has 50 heavy (non-hydrogen) atoms. The van der Waals surface area contributed by atoms with Gasteiger partial charge in [-0.25, -0.2) is 9.97 Å². The zero-order valence-corrected chi connectivity index (χ0v) is 27.0. The van der Waals surface area contributed by atoms with E-state index in [1.165, 1.54) is 54.1 Å². The minimum absolute atomic E-state index is 0.815. The van der Waals surface area contributed by atoms with Crippen molar-refractivity contribution >= 4 is 76.2 Å². The molecule has 0 spiro atoms. The lowest BCUT2D eigenvalue weighted by Crippen LogP contribution is -2.04. The first-order valence-electron chi connectivity index (χ1n) is 17.0. The van der Waals surface area contributed by atoms with Gasteiger partial charge in [0, 0.05) is 32.8 Å². The molecule has 0 amide bonds. The van der Waals surface area contributed by atoms with Gasteiger partial charge in [0.1, 0.15) is 5.69 Å². The molecular weight excluding hydrogens is 609 g/mol. The number of hydrogen-bond donors (Lipinski definition) is 0. The van der Waals surface area contributed by atoms with Crippen LogP contribution in [0.1, 0.15) is 0 Å². The third-order valence-electron chi connectivity index (χ3n) is 10.2. The standard InChI is InChI=1S/C46H28N4/c1-2-13-30(14-3-1)45-46(48-39-20-10-9-19-38(39)47-45)50-41-25-22-29-12-6-7-17-34(29)44(41)36-24-23-33(28-43(36)50)49-40-21-11-8-18-35(40)37-26-31-15-4-5-16-32(31)27-42(37)49/h1-28H. The van der Waals surface area contributed by atoms with Gasteiger partial charge in [-0.2, -0.15) is 0 Å². The molecule has 4 nitrogen and oxygen atoms in total. The zero-order chi connectivity index (χ0) is 32.8. The molecule has 8 aromatic carbocycles. The van der Waals surface area contributed by atoms with Gasteiger partial charge in [-0.15, -0.1) is 0 Å². The third kappa shape index (κ3) is 3.87. The summed E-state index contributed by atoms with van der Waals surface area (Å²) in [4.78, 5) is 10.7. The number of rotatable bonds is 3. The molecule has 0 saturated heterocycles. The monoisotopic (exact) mass is 636 g/mol. The maximum absolute atomic E-state index is 5.39. The molecule has 3 heterocycles. The number of fused-ring (bicyclic) bond motifs is 10. The average molecular weight is 637 g/mol. The van der Waals surface area contributed by atoms with E-state index in [-0.39, 0.29) is 0 Å². The van der Waals surface area contributed by atoms with E-state index in [0.717, 1.165) is 44.8 Å². The van der Waals surface area contributed by atoms with Crippen LogP contribution in [0.5, 0.6) is 0 Å². The van der Waals surface area contributed by atoms with Crippen LogP contribution in [0, 0.1) is 0 Å². The van der Waals surface area contributed by atoms with Crippen molar-refractivity contribution in [2.45, 2.75) is 0 Å². The molecule has 0 atom stereocenters. The van der Waals surface area contributed by atoms with Crippen LogP contribution >= 0.6 is 0 Å². The second kappa shape index (κ2) is 10.4. The highest BCUT2D eigenvalue weighted by molar-refractivity contribution is 6.22. The Kier molecular flexibility index (Phi) is 5.63. The first-order valence-corrected chi connectivity index (χ1v) is 17.0. The molecule has 11 aromatic rings. The highest BCUT2D eigenvalue weighted by Gasteiger charge is 2.22. The summed E-state index contributed by atoms with van der Waals surface area (Å²) in [5.74, 6) is 0.815. The molecule has 232 valence electrons. The zero-order valence-electron chi connectivity index (χ0n) is 27.0. The number of benzene rings is 8. The summed E-state index contributed by atoms with van der Waals surface area (Å²) < 4.78 is 4.76. The molecule has 0 aliphatic rings. The highest BCUT2D eigenvalue weighted by atomic mass is 15.1. The Balaban J connectivity index is 1.30. The fourth-order valence-electron chi connectivity index (χ4n) is 8.01. The molecule has 0 N–H and O–H groups in total. The van der Waals surface area contributed by atoms with E-state index < -0.39 is 0 Å². The summed E-state index contributed by atoms with van der Waals surface area (Å²) in [5.41, 5.74) is 9.28. The predicted molar refractivity (Wildman–Crippen MR) is 209 cm³/mol. The molecule has 0 aliphatic heterocycles. The van der Waals surface area contributed by atoms with Gasteiger partial charge in [0.25, 0.3) is 0 Å². The van der Waals surface area contributed by atoms with Crippen LogP contribution in [-0.4, -0.2) is 19.1 Å². The third-order valence-corrected chi connectivity index (χ3v) is 10.2. The average Bonchev–Trinajstić information content (AvgIpc) is 3.68. The maximum Gasteiger partial charge on any atom is 0.165 e. The van der Waals surface area contributed by atoms with E-state index in [9.17, 15) is 0 Å². The highest BCUT2D eigenvalue weighted by Crippen LogP contribution is 2.41. The smallest absolute Gasteiger partial charge is 0.165 e. The molecule has 0 saturated carbocycles. The van der Waals surface area contributed by atoms with E-state index in [2.05, 4.69) is 155 Å². The lowest BCUT2D eigenvalue weighted by atomic mass is 10.0.